The van der Waals surface area contributed by atoms with Gasteiger partial charge in [0.1, 0.15) is 0 Å². The average Bonchev–Trinajstić information content (AvgIpc) is 1.95. The summed E-state index contributed by atoms with van der Waals surface area (Å²) in [6, 6.07) is 1.16. The van der Waals surface area contributed by atoms with E-state index in [1.165, 1.54) is 25.7 Å². The van der Waals surface area contributed by atoms with Crippen LogP contribution in [0.5, 0.6) is 0 Å². The number of rotatable bonds is 5. The molecule has 1 rings (SSSR count). The minimum absolute atomic E-state index is 0.894. The summed E-state index contributed by atoms with van der Waals surface area (Å²) >= 11 is 0. The Morgan fingerprint density at radius 2 is 1.91 bits per heavy atom. The summed E-state index contributed by atoms with van der Waals surface area (Å²) in [4.78, 5) is 0. The summed E-state index contributed by atoms with van der Waals surface area (Å²) in [6.45, 7) is 0. The summed E-state index contributed by atoms with van der Waals surface area (Å²) in [5.41, 5.74) is 0. The van der Waals surface area contributed by atoms with Crippen molar-refractivity contribution >= 4 is 9.28 Å². The Morgan fingerprint density at radius 3 is 2.27 bits per heavy atom. The average molecular weight is 173 g/mol. The Hall–Kier alpha value is 0.137. The van der Waals surface area contributed by atoms with Gasteiger partial charge in [0.2, 0.25) is 0 Å². The molecule has 0 bridgehead atoms. The second kappa shape index (κ2) is 4.90. The molecule has 1 saturated carbocycles. The third-order valence-corrected chi connectivity index (χ3v) is 4.04. The SMILES string of the molecule is CO[Si](CCC1CCC1)OC. The molecule has 1 radical (unpaired) electrons. The minimum atomic E-state index is -0.894. The van der Waals surface area contributed by atoms with Gasteiger partial charge in [0.05, 0.1) is 0 Å². The molecule has 11 heavy (non-hydrogen) atoms. The normalized spacial score (nSPS) is 18.8. The highest BCUT2D eigenvalue weighted by atomic mass is 28.3. The zero-order valence-electron chi connectivity index (χ0n) is 7.43. The van der Waals surface area contributed by atoms with Gasteiger partial charge in [-0.3, -0.25) is 0 Å². The second-order valence-electron chi connectivity index (χ2n) is 3.12. The fraction of sp³-hybridized carbons (Fsp3) is 1.00. The molecule has 2 nitrogen and oxygen atoms in total. The Morgan fingerprint density at radius 1 is 1.27 bits per heavy atom. The maximum atomic E-state index is 5.20. The summed E-state index contributed by atoms with van der Waals surface area (Å²) in [5, 5.41) is 0. The van der Waals surface area contributed by atoms with Gasteiger partial charge in [-0.25, -0.2) is 0 Å². The number of hydrogen-bond acceptors (Lipinski definition) is 2. The molecule has 1 aliphatic rings. The van der Waals surface area contributed by atoms with Gasteiger partial charge in [0, 0.05) is 14.2 Å². The van der Waals surface area contributed by atoms with E-state index in [1.807, 2.05) is 0 Å². The van der Waals surface area contributed by atoms with Gasteiger partial charge < -0.3 is 8.85 Å². The molecule has 0 heterocycles. The molecule has 1 aliphatic carbocycles. The van der Waals surface area contributed by atoms with E-state index in [0.717, 1.165) is 12.0 Å². The van der Waals surface area contributed by atoms with E-state index in [2.05, 4.69) is 0 Å². The zero-order chi connectivity index (χ0) is 8.10. The van der Waals surface area contributed by atoms with Crippen LogP contribution >= 0.6 is 0 Å². The van der Waals surface area contributed by atoms with Gasteiger partial charge in [-0.15, -0.1) is 0 Å². The Bertz CT molecular complexity index is 100. The molecule has 0 aromatic carbocycles. The molecule has 0 aromatic rings. The van der Waals surface area contributed by atoms with Crippen molar-refractivity contribution in [1.29, 1.82) is 0 Å². The fourth-order valence-corrected chi connectivity index (χ4v) is 2.61. The molecule has 0 saturated heterocycles. The molecule has 1 fully saturated rings. The van der Waals surface area contributed by atoms with Crippen molar-refractivity contribution in [3.63, 3.8) is 0 Å². The molecule has 0 aliphatic heterocycles. The van der Waals surface area contributed by atoms with Crippen LogP contribution in [0, 0.1) is 5.92 Å². The first-order valence-electron chi connectivity index (χ1n) is 4.30. The molecular formula is C8H17O2Si. The van der Waals surface area contributed by atoms with E-state index >= 15 is 0 Å². The van der Waals surface area contributed by atoms with Crippen molar-refractivity contribution in [1.82, 2.24) is 0 Å². The Balaban J connectivity index is 1.99. The van der Waals surface area contributed by atoms with Crippen molar-refractivity contribution in [2.45, 2.75) is 31.7 Å². The molecule has 0 N–H and O–H groups in total. The van der Waals surface area contributed by atoms with Crippen molar-refractivity contribution in [2.24, 2.45) is 5.92 Å². The quantitative estimate of drug-likeness (QED) is 0.592. The second-order valence-corrected chi connectivity index (χ2v) is 5.18. The lowest BCUT2D eigenvalue weighted by Crippen LogP contribution is -2.21. The molecule has 65 valence electrons. The van der Waals surface area contributed by atoms with E-state index in [-0.39, 0.29) is 0 Å². The zero-order valence-corrected chi connectivity index (χ0v) is 8.43. The number of hydrogen-bond donors (Lipinski definition) is 0. The highest BCUT2D eigenvalue weighted by molar-refractivity contribution is 6.44. The standard InChI is InChI=1S/C8H17O2Si/c1-9-11(10-2)7-6-8-4-3-5-8/h8H,3-7H2,1-2H3. The van der Waals surface area contributed by atoms with Gasteiger partial charge in [-0.2, -0.15) is 0 Å². The molecular weight excluding hydrogens is 156 g/mol. The van der Waals surface area contributed by atoms with Crippen LogP contribution in [0.15, 0.2) is 0 Å². The Labute approximate surface area is 70.7 Å². The maximum Gasteiger partial charge on any atom is 0.384 e. The predicted molar refractivity (Wildman–Crippen MR) is 46.5 cm³/mol. The van der Waals surface area contributed by atoms with Crippen LogP contribution in [0.1, 0.15) is 25.7 Å². The topological polar surface area (TPSA) is 18.5 Å². The first kappa shape index (κ1) is 9.23. The lowest BCUT2D eigenvalue weighted by atomic mass is 9.84. The van der Waals surface area contributed by atoms with Crippen LogP contribution in [0.3, 0.4) is 0 Å². The van der Waals surface area contributed by atoms with Crippen LogP contribution in [0.2, 0.25) is 6.04 Å². The summed E-state index contributed by atoms with van der Waals surface area (Å²) < 4.78 is 10.4. The highest BCUT2D eigenvalue weighted by Gasteiger charge is 2.20. The first-order chi connectivity index (χ1) is 5.36. The largest absolute Gasteiger partial charge is 0.397 e. The van der Waals surface area contributed by atoms with Crippen LogP contribution in [-0.2, 0) is 8.85 Å². The third-order valence-electron chi connectivity index (χ3n) is 2.44. The summed E-state index contributed by atoms with van der Waals surface area (Å²) in [6.07, 6.45) is 5.62. The van der Waals surface area contributed by atoms with E-state index in [9.17, 15) is 0 Å². The lowest BCUT2D eigenvalue weighted by Gasteiger charge is -2.25. The van der Waals surface area contributed by atoms with E-state index in [1.54, 1.807) is 14.2 Å². The first-order valence-corrected chi connectivity index (χ1v) is 5.83. The summed E-state index contributed by atoms with van der Waals surface area (Å²) in [5.74, 6) is 0.986. The van der Waals surface area contributed by atoms with Gasteiger partial charge in [0.15, 0.2) is 0 Å². The fourth-order valence-electron chi connectivity index (χ4n) is 1.39. The van der Waals surface area contributed by atoms with Crippen LogP contribution in [0.4, 0.5) is 0 Å². The third kappa shape index (κ3) is 2.93. The van der Waals surface area contributed by atoms with Crippen LogP contribution < -0.4 is 0 Å². The molecule has 3 heteroatoms. The van der Waals surface area contributed by atoms with E-state index in [0.29, 0.717) is 0 Å². The van der Waals surface area contributed by atoms with Gasteiger partial charge in [-0.05, 0) is 18.4 Å². The predicted octanol–water partition coefficient (Wildman–Crippen LogP) is 1.96. The molecule has 0 amide bonds. The van der Waals surface area contributed by atoms with Crippen LogP contribution in [0.25, 0.3) is 0 Å². The van der Waals surface area contributed by atoms with Crippen molar-refractivity contribution in [2.75, 3.05) is 14.2 Å². The molecule has 0 atom stereocenters. The van der Waals surface area contributed by atoms with Gasteiger partial charge in [-0.1, -0.05) is 19.3 Å². The van der Waals surface area contributed by atoms with Gasteiger partial charge in [0.25, 0.3) is 0 Å². The minimum Gasteiger partial charge on any atom is -0.397 e. The van der Waals surface area contributed by atoms with E-state index < -0.39 is 9.28 Å². The Kier molecular flexibility index (Phi) is 4.11. The van der Waals surface area contributed by atoms with Crippen molar-refractivity contribution < 1.29 is 8.85 Å². The monoisotopic (exact) mass is 173 g/mol. The molecule has 0 spiro atoms. The van der Waals surface area contributed by atoms with Gasteiger partial charge >= 0.3 is 9.28 Å². The molecule has 0 unspecified atom stereocenters. The summed E-state index contributed by atoms with van der Waals surface area (Å²) in [7, 11) is 2.60. The maximum absolute atomic E-state index is 5.20. The lowest BCUT2D eigenvalue weighted by molar-refractivity contribution is 0.258. The highest BCUT2D eigenvalue weighted by Crippen LogP contribution is 2.30. The molecule has 0 aromatic heterocycles. The van der Waals surface area contributed by atoms with E-state index in [4.69, 9.17) is 8.85 Å². The van der Waals surface area contributed by atoms with Crippen molar-refractivity contribution in [3.8, 4) is 0 Å². The smallest absolute Gasteiger partial charge is 0.384 e. The van der Waals surface area contributed by atoms with Crippen LogP contribution in [-0.4, -0.2) is 23.5 Å². The van der Waals surface area contributed by atoms with Crippen molar-refractivity contribution in [3.05, 3.63) is 0 Å².